The van der Waals surface area contributed by atoms with Gasteiger partial charge in [-0.1, -0.05) is 26.0 Å². The summed E-state index contributed by atoms with van der Waals surface area (Å²) < 4.78 is 32.1. The number of nitrogens with zero attached hydrogens (tertiary/aromatic N) is 1. The van der Waals surface area contributed by atoms with Crippen LogP contribution in [0.15, 0.2) is 47.5 Å². The highest BCUT2D eigenvalue weighted by molar-refractivity contribution is 7.89. The Morgan fingerprint density at radius 1 is 1.16 bits per heavy atom. The lowest BCUT2D eigenvalue weighted by Gasteiger charge is -2.19. The van der Waals surface area contributed by atoms with Crippen molar-refractivity contribution in [3.63, 3.8) is 0 Å². The minimum atomic E-state index is -3.86. The van der Waals surface area contributed by atoms with Crippen LogP contribution in [0.25, 0.3) is 11.3 Å². The summed E-state index contributed by atoms with van der Waals surface area (Å²) in [6.07, 6.45) is 1.53. The molecule has 25 heavy (non-hydrogen) atoms. The molecule has 0 bridgehead atoms. The normalized spacial score (nSPS) is 12.8. The maximum absolute atomic E-state index is 12.5. The van der Waals surface area contributed by atoms with E-state index < -0.39 is 22.0 Å². The number of nitrogens with one attached hydrogen (secondary N) is 1. The molecule has 0 aliphatic rings. The van der Waals surface area contributed by atoms with Gasteiger partial charge in [0.25, 0.3) is 0 Å². The van der Waals surface area contributed by atoms with Crippen LogP contribution in [-0.4, -0.2) is 32.5 Å². The van der Waals surface area contributed by atoms with Crippen molar-refractivity contribution in [3.05, 3.63) is 42.6 Å². The molecule has 0 amide bonds. The maximum atomic E-state index is 12.5. The van der Waals surface area contributed by atoms with Crippen LogP contribution in [0.4, 0.5) is 5.69 Å². The fraction of sp³-hybridized carbons (Fsp3) is 0.294. The number of nitrogens with two attached hydrogens (primary N) is 1. The minimum absolute atomic E-state index is 0.0567. The van der Waals surface area contributed by atoms with Crippen molar-refractivity contribution >= 4 is 21.7 Å². The maximum Gasteiger partial charge on any atom is 0.324 e. The number of esters is 1. The van der Waals surface area contributed by atoms with Crippen LogP contribution in [0.3, 0.4) is 0 Å². The fourth-order valence-corrected chi connectivity index (χ4v) is 3.53. The smallest absolute Gasteiger partial charge is 0.324 e. The Bertz CT molecular complexity index is 831. The summed E-state index contributed by atoms with van der Waals surface area (Å²) in [4.78, 5) is 16.0. The van der Waals surface area contributed by atoms with E-state index in [0.29, 0.717) is 11.4 Å². The molecule has 1 heterocycles. The molecule has 3 N–H and O–H groups in total. The summed E-state index contributed by atoms with van der Waals surface area (Å²) in [5.41, 5.74) is 7.59. The molecular formula is C17H21N3O4S. The van der Waals surface area contributed by atoms with Crippen LogP contribution in [-0.2, 0) is 19.6 Å². The molecule has 0 saturated heterocycles. The summed E-state index contributed by atoms with van der Waals surface area (Å²) in [5, 5.41) is 0. The first kappa shape index (κ1) is 18.9. The highest BCUT2D eigenvalue weighted by Gasteiger charge is 2.29. The zero-order valence-corrected chi connectivity index (χ0v) is 15.1. The van der Waals surface area contributed by atoms with E-state index in [4.69, 9.17) is 5.73 Å². The molecule has 2 aromatic rings. The number of anilines is 1. The molecule has 0 radical (unpaired) electrons. The molecule has 1 atom stereocenters. The zero-order chi connectivity index (χ0) is 18.6. The number of aromatic nitrogens is 1. The number of nitrogen functional groups attached to an aromatic ring is 1. The summed E-state index contributed by atoms with van der Waals surface area (Å²) in [6.45, 7) is 3.47. The van der Waals surface area contributed by atoms with Crippen LogP contribution in [0, 0.1) is 5.92 Å². The van der Waals surface area contributed by atoms with E-state index in [9.17, 15) is 13.2 Å². The Hall–Kier alpha value is -2.45. The highest BCUT2D eigenvalue weighted by Crippen LogP contribution is 2.20. The molecule has 0 fully saturated rings. The standard InChI is InChI=1S/C17H21N3O4S/c1-11(2)16(17(21)24-3)20-25(22,23)14-7-4-12(5-8-14)15-9-6-13(18)10-19-15/h4-11,16,20H,18H2,1-3H3. The van der Waals surface area contributed by atoms with Crippen molar-refractivity contribution in [1.29, 1.82) is 0 Å². The second kappa shape index (κ2) is 7.62. The Morgan fingerprint density at radius 3 is 2.28 bits per heavy atom. The van der Waals surface area contributed by atoms with Gasteiger partial charge in [-0.25, -0.2) is 8.42 Å². The molecule has 2 rings (SSSR count). The summed E-state index contributed by atoms with van der Waals surface area (Å²) in [6, 6.07) is 8.75. The van der Waals surface area contributed by atoms with Gasteiger partial charge in [-0.2, -0.15) is 4.72 Å². The number of carbonyl (C=O) groups excluding carboxylic acids is 1. The van der Waals surface area contributed by atoms with Crippen molar-refractivity contribution < 1.29 is 17.9 Å². The number of pyridine rings is 1. The van der Waals surface area contributed by atoms with Gasteiger partial charge in [0, 0.05) is 5.56 Å². The van der Waals surface area contributed by atoms with Crippen LogP contribution in [0.1, 0.15) is 13.8 Å². The van der Waals surface area contributed by atoms with Gasteiger partial charge >= 0.3 is 5.97 Å². The molecule has 1 unspecified atom stereocenters. The molecule has 1 aromatic heterocycles. The number of sulfonamides is 1. The lowest BCUT2D eigenvalue weighted by molar-refractivity contribution is -0.143. The number of rotatable bonds is 6. The predicted octanol–water partition coefficient (Wildman–Crippen LogP) is 1.81. The molecule has 0 saturated carbocycles. The lowest BCUT2D eigenvalue weighted by Crippen LogP contribution is -2.44. The van der Waals surface area contributed by atoms with Crippen molar-refractivity contribution in [1.82, 2.24) is 9.71 Å². The topological polar surface area (TPSA) is 111 Å². The lowest BCUT2D eigenvalue weighted by atomic mass is 10.1. The first-order valence-electron chi connectivity index (χ1n) is 7.66. The molecule has 0 aliphatic heterocycles. The number of hydrogen-bond donors (Lipinski definition) is 2. The average Bonchev–Trinajstić information content (AvgIpc) is 2.59. The van der Waals surface area contributed by atoms with E-state index in [-0.39, 0.29) is 10.8 Å². The van der Waals surface area contributed by atoms with Gasteiger partial charge in [0.2, 0.25) is 10.0 Å². The molecule has 1 aromatic carbocycles. The van der Waals surface area contributed by atoms with Crippen LogP contribution >= 0.6 is 0 Å². The van der Waals surface area contributed by atoms with Crippen molar-refractivity contribution in [2.75, 3.05) is 12.8 Å². The monoisotopic (exact) mass is 363 g/mol. The third-order valence-electron chi connectivity index (χ3n) is 3.65. The van der Waals surface area contributed by atoms with Gasteiger partial charge in [0.15, 0.2) is 0 Å². The Kier molecular flexibility index (Phi) is 5.76. The van der Waals surface area contributed by atoms with E-state index in [0.717, 1.165) is 5.56 Å². The van der Waals surface area contributed by atoms with Crippen LogP contribution < -0.4 is 10.5 Å². The summed E-state index contributed by atoms with van der Waals surface area (Å²) >= 11 is 0. The summed E-state index contributed by atoms with van der Waals surface area (Å²) in [5.74, 6) is -0.873. The fourth-order valence-electron chi connectivity index (χ4n) is 2.20. The predicted molar refractivity (Wildman–Crippen MR) is 95.0 cm³/mol. The molecule has 0 spiro atoms. The number of ether oxygens (including phenoxy) is 1. The highest BCUT2D eigenvalue weighted by atomic mass is 32.2. The number of benzene rings is 1. The van der Waals surface area contributed by atoms with Crippen LogP contribution in [0.2, 0.25) is 0 Å². The van der Waals surface area contributed by atoms with Gasteiger partial charge in [-0.15, -0.1) is 0 Å². The van der Waals surface area contributed by atoms with E-state index in [1.807, 2.05) is 0 Å². The third-order valence-corrected chi connectivity index (χ3v) is 5.11. The first-order chi connectivity index (χ1) is 11.7. The van der Waals surface area contributed by atoms with Gasteiger partial charge in [-0.3, -0.25) is 9.78 Å². The number of carbonyl (C=O) groups is 1. The van der Waals surface area contributed by atoms with Gasteiger partial charge in [0.1, 0.15) is 6.04 Å². The molecule has 134 valence electrons. The quantitative estimate of drug-likeness (QED) is 0.757. The van der Waals surface area contributed by atoms with E-state index in [1.54, 1.807) is 38.1 Å². The zero-order valence-electron chi connectivity index (χ0n) is 14.3. The second-order valence-electron chi connectivity index (χ2n) is 5.87. The molecule has 8 heteroatoms. The molecule has 0 aliphatic carbocycles. The molecule has 7 nitrogen and oxygen atoms in total. The Labute approximate surface area is 147 Å². The van der Waals surface area contributed by atoms with Gasteiger partial charge in [-0.05, 0) is 30.2 Å². The largest absolute Gasteiger partial charge is 0.468 e. The molecular weight excluding hydrogens is 342 g/mol. The van der Waals surface area contributed by atoms with Crippen molar-refractivity contribution in [2.45, 2.75) is 24.8 Å². The number of hydrogen-bond acceptors (Lipinski definition) is 6. The number of methoxy groups -OCH3 is 1. The Morgan fingerprint density at radius 2 is 1.80 bits per heavy atom. The van der Waals surface area contributed by atoms with Gasteiger partial charge < -0.3 is 10.5 Å². The van der Waals surface area contributed by atoms with E-state index >= 15 is 0 Å². The van der Waals surface area contributed by atoms with Crippen LogP contribution in [0.5, 0.6) is 0 Å². The second-order valence-corrected chi connectivity index (χ2v) is 7.58. The summed E-state index contributed by atoms with van der Waals surface area (Å²) in [7, 11) is -2.63. The Balaban J connectivity index is 2.25. The van der Waals surface area contributed by atoms with Gasteiger partial charge in [0.05, 0.1) is 29.6 Å². The van der Waals surface area contributed by atoms with Crippen molar-refractivity contribution in [3.8, 4) is 11.3 Å². The SMILES string of the molecule is COC(=O)C(NS(=O)(=O)c1ccc(-c2ccc(N)cn2)cc1)C(C)C. The average molecular weight is 363 g/mol. The first-order valence-corrected chi connectivity index (χ1v) is 9.15. The van der Waals surface area contributed by atoms with E-state index in [1.165, 1.54) is 25.4 Å². The van der Waals surface area contributed by atoms with E-state index in [2.05, 4.69) is 14.4 Å². The van der Waals surface area contributed by atoms with Crippen molar-refractivity contribution in [2.24, 2.45) is 5.92 Å². The third kappa shape index (κ3) is 4.55. The minimum Gasteiger partial charge on any atom is -0.468 e.